The van der Waals surface area contributed by atoms with Crippen molar-refractivity contribution in [2.45, 2.75) is 0 Å². The number of amides is 1. The van der Waals surface area contributed by atoms with E-state index in [-0.39, 0.29) is 11.7 Å². The maximum Gasteiger partial charge on any atom is 0.255 e. The van der Waals surface area contributed by atoms with Gasteiger partial charge in [-0.25, -0.2) is 0 Å². The maximum absolute atomic E-state index is 12.6. The van der Waals surface area contributed by atoms with Gasteiger partial charge < -0.3 is 9.73 Å². The molecule has 4 rings (SSSR count). The van der Waals surface area contributed by atoms with Gasteiger partial charge in [0.2, 0.25) is 0 Å². The van der Waals surface area contributed by atoms with Crippen LogP contribution >= 0.6 is 11.6 Å². The number of ketones is 1. The van der Waals surface area contributed by atoms with Crippen LogP contribution in [0.3, 0.4) is 0 Å². The molecule has 0 unspecified atom stereocenters. The van der Waals surface area contributed by atoms with Crippen molar-refractivity contribution in [1.29, 1.82) is 0 Å². The molecule has 0 aliphatic rings. The molecule has 1 aromatic heterocycles. The number of nitrogens with one attached hydrogen (secondary N) is 1. The number of halogens is 1. The van der Waals surface area contributed by atoms with E-state index in [1.807, 2.05) is 30.3 Å². The van der Waals surface area contributed by atoms with Crippen molar-refractivity contribution in [2.24, 2.45) is 0 Å². The molecule has 0 saturated heterocycles. The van der Waals surface area contributed by atoms with Crippen LogP contribution in [0.15, 0.2) is 101 Å². The average Bonchev–Trinajstić information content (AvgIpc) is 3.27. The Morgan fingerprint density at radius 2 is 1.55 bits per heavy atom. The van der Waals surface area contributed by atoms with E-state index in [1.54, 1.807) is 66.7 Å². The van der Waals surface area contributed by atoms with Crippen LogP contribution in [0.5, 0.6) is 0 Å². The van der Waals surface area contributed by atoms with E-state index in [0.717, 1.165) is 5.56 Å². The summed E-state index contributed by atoms with van der Waals surface area (Å²) in [5.74, 6) is 0.732. The molecule has 1 heterocycles. The molecule has 5 heteroatoms. The Morgan fingerprint density at radius 1 is 0.806 bits per heavy atom. The van der Waals surface area contributed by atoms with Crippen LogP contribution in [0.4, 0.5) is 5.69 Å². The highest BCUT2D eigenvalue weighted by molar-refractivity contribution is 6.33. The molecule has 31 heavy (non-hydrogen) atoms. The molecule has 0 saturated carbocycles. The van der Waals surface area contributed by atoms with E-state index in [2.05, 4.69) is 5.32 Å². The fraction of sp³-hybridized carbons (Fsp3) is 0. The van der Waals surface area contributed by atoms with Gasteiger partial charge in [-0.3, -0.25) is 9.59 Å². The summed E-state index contributed by atoms with van der Waals surface area (Å²) in [5.41, 5.74) is 2.34. The normalized spacial score (nSPS) is 10.9. The van der Waals surface area contributed by atoms with Gasteiger partial charge in [0, 0.05) is 22.4 Å². The zero-order valence-corrected chi connectivity index (χ0v) is 17.2. The van der Waals surface area contributed by atoms with Gasteiger partial charge in [0.1, 0.15) is 11.5 Å². The lowest BCUT2D eigenvalue weighted by Gasteiger charge is -2.06. The van der Waals surface area contributed by atoms with Gasteiger partial charge in [-0.1, -0.05) is 54.1 Å². The lowest BCUT2D eigenvalue weighted by atomic mass is 10.1. The minimum absolute atomic E-state index is 0.202. The second kappa shape index (κ2) is 9.28. The van der Waals surface area contributed by atoms with Crippen LogP contribution in [-0.2, 0) is 0 Å². The second-order valence-electron chi connectivity index (χ2n) is 6.78. The molecule has 3 aromatic carbocycles. The minimum atomic E-state index is -0.233. The number of anilines is 1. The van der Waals surface area contributed by atoms with Gasteiger partial charge in [0.15, 0.2) is 5.78 Å². The number of hydrogen-bond donors (Lipinski definition) is 1. The quantitative estimate of drug-likeness (QED) is 0.273. The van der Waals surface area contributed by atoms with Crippen molar-refractivity contribution >= 4 is 35.1 Å². The Bertz CT molecular complexity index is 1260. The Morgan fingerprint density at radius 3 is 2.35 bits per heavy atom. The fourth-order valence-electron chi connectivity index (χ4n) is 3.05. The van der Waals surface area contributed by atoms with Crippen molar-refractivity contribution in [3.05, 3.63) is 119 Å². The van der Waals surface area contributed by atoms with Crippen LogP contribution < -0.4 is 5.32 Å². The molecule has 0 fully saturated rings. The van der Waals surface area contributed by atoms with Gasteiger partial charge >= 0.3 is 0 Å². The standard InChI is InChI=1S/C26H18ClNO3/c27-23-12-5-4-11-22(23)25-16-14-21(31-25)13-15-24(29)19-9-6-10-20(17-19)28-26(30)18-7-2-1-3-8-18/h1-17H,(H,28,30). The molecule has 1 N–H and O–H groups in total. The summed E-state index contributed by atoms with van der Waals surface area (Å²) >= 11 is 6.20. The Kier molecular flexibility index (Phi) is 6.11. The largest absolute Gasteiger partial charge is 0.457 e. The highest BCUT2D eigenvalue weighted by Gasteiger charge is 2.09. The second-order valence-corrected chi connectivity index (χ2v) is 7.19. The summed E-state index contributed by atoms with van der Waals surface area (Å²) in [6.07, 6.45) is 3.05. The Hall–Kier alpha value is -3.89. The highest BCUT2D eigenvalue weighted by atomic mass is 35.5. The average molecular weight is 428 g/mol. The van der Waals surface area contributed by atoms with Gasteiger partial charge in [0.05, 0.1) is 5.02 Å². The lowest BCUT2D eigenvalue weighted by Crippen LogP contribution is -2.12. The Labute approximate surface area is 184 Å². The summed E-state index contributed by atoms with van der Waals surface area (Å²) in [7, 11) is 0. The van der Waals surface area contributed by atoms with Crippen molar-refractivity contribution in [3.63, 3.8) is 0 Å². The van der Waals surface area contributed by atoms with Crippen molar-refractivity contribution in [2.75, 3.05) is 5.32 Å². The molecule has 0 spiro atoms. The summed E-state index contributed by atoms with van der Waals surface area (Å²) in [4.78, 5) is 24.9. The molecule has 1 amide bonds. The number of hydrogen-bond acceptors (Lipinski definition) is 3. The molecular formula is C26H18ClNO3. The van der Waals surface area contributed by atoms with Crippen molar-refractivity contribution in [1.82, 2.24) is 0 Å². The molecule has 4 nitrogen and oxygen atoms in total. The van der Waals surface area contributed by atoms with E-state index in [4.69, 9.17) is 16.0 Å². The highest BCUT2D eigenvalue weighted by Crippen LogP contribution is 2.29. The number of furan rings is 1. The predicted octanol–water partition coefficient (Wildman–Crippen LogP) is 6.75. The van der Waals surface area contributed by atoms with Crippen LogP contribution in [0.1, 0.15) is 26.5 Å². The van der Waals surface area contributed by atoms with Crippen LogP contribution in [0, 0.1) is 0 Å². The topological polar surface area (TPSA) is 59.3 Å². The van der Waals surface area contributed by atoms with Crippen molar-refractivity contribution < 1.29 is 14.0 Å². The van der Waals surface area contributed by atoms with Crippen molar-refractivity contribution in [3.8, 4) is 11.3 Å². The maximum atomic E-state index is 12.6. The van der Waals surface area contributed by atoms with Gasteiger partial charge in [-0.15, -0.1) is 0 Å². The van der Waals surface area contributed by atoms with E-state index in [1.165, 1.54) is 6.08 Å². The van der Waals surface area contributed by atoms with Gasteiger partial charge in [-0.2, -0.15) is 0 Å². The molecular weight excluding hydrogens is 410 g/mol. The molecule has 0 radical (unpaired) electrons. The summed E-state index contributed by atoms with van der Waals surface area (Å²) in [6.45, 7) is 0. The smallest absolute Gasteiger partial charge is 0.255 e. The molecule has 0 atom stereocenters. The first kappa shape index (κ1) is 20.4. The molecule has 0 aliphatic carbocycles. The zero-order valence-electron chi connectivity index (χ0n) is 16.4. The summed E-state index contributed by atoms with van der Waals surface area (Å²) in [5, 5.41) is 3.40. The zero-order chi connectivity index (χ0) is 21.6. The number of carbonyl (C=O) groups is 2. The minimum Gasteiger partial charge on any atom is -0.457 e. The van der Waals surface area contributed by atoms with E-state index in [9.17, 15) is 9.59 Å². The van der Waals surface area contributed by atoms with Crippen LogP contribution in [-0.4, -0.2) is 11.7 Å². The fourth-order valence-corrected chi connectivity index (χ4v) is 3.27. The van der Waals surface area contributed by atoms with E-state index in [0.29, 0.717) is 33.4 Å². The third-order valence-corrected chi connectivity index (χ3v) is 4.94. The first-order chi connectivity index (χ1) is 15.1. The third-order valence-electron chi connectivity index (χ3n) is 4.61. The lowest BCUT2D eigenvalue weighted by molar-refractivity contribution is 0.102. The molecule has 0 bridgehead atoms. The SMILES string of the molecule is O=C(C=Cc1ccc(-c2ccccc2Cl)o1)c1cccc(NC(=O)c2ccccc2)c1. The van der Waals surface area contributed by atoms with Crippen LogP contribution in [0.25, 0.3) is 17.4 Å². The monoisotopic (exact) mass is 427 g/mol. The number of benzene rings is 3. The van der Waals surface area contributed by atoms with E-state index < -0.39 is 0 Å². The van der Waals surface area contributed by atoms with E-state index >= 15 is 0 Å². The third kappa shape index (κ3) is 5.00. The Balaban J connectivity index is 1.46. The molecule has 0 aliphatic heterocycles. The first-order valence-corrected chi connectivity index (χ1v) is 10.0. The molecule has 152 valence electrons. The summed E-state index contributed by atoms with van der Waals surface area (Å²) < 4.78 is 5.78. The first-order valence-electron chi connectivity index (χ1n) is 9.64. The number of allylic oxidation sites excluding steroid dienone is 1. The van der Waals surface area contributed by atoms with Gasteiger partial charge in [-0.05, 0) is 60.7 Å². The number of carbonyl (C=O) groups excluding carboxylic acids is 2. The number of rotatable bonds is 6. The van der Waals surface area contributed by atoms with Crippen LogP contribution in [0.2, 0.25) is 5.02 Å². The predicted molar refractivity (Wildman–Crippen MR) is 123 cm³/mol. The summed E-state index contributed by atoms with van der Waals surface area (Å²) in [6, 6.07) is 26.7. The van der Waals surface area contributed by atoms with Gasteiger partial charge in [0.25, 0.3) is 5.91 Å². The molecule has 4 aromatic rings.